The Morgan fingerprint density at radius 2 is 2.27 bits per heavy atom. The van der Waals surface area contributed by atoms with Crippen LogP contribution < -0.4 is 5.73 Å². The molecular formula is C13H19NO. The van der Waals surface area contributed by atoms with Gasteiger partial charge in [-0.3, -0.25) is 0 Å². The van der Waals surface area contributed by atoms with Crippen LogP contribution in [0.5, 0.6) is 5.75 Å². The second-order valence-electron chi connectivity index (χ2n) is 5.18. The van der Waals surface area contributed by atoms with E-state index in [2.05, 4.69) is 19.9 Å². The lowest BCUT2D eigenvalue weighted by Gasteiger charge is -2.14. The minimum Gasteiger partial charge on any atom is -0.508 e. The zero-order valence-corrected chi connectivity index (χ0v) is 9.40. The SMILES string of the molecule is CC(C)CC1(N)CC1c1cccc(O)c1. The molecule has 0 saturated heterocycles. The van der Waals surface area contributed by atoms with E-state index >= 15 is 0 Å². The van der Waals surface area contributed by atoms with Gasteiger partial charge in [0, 0.05) is 11.5 Å². The van der Waals surface area contributed by atoms with Crippen LogP contribution in [-0.2, 0) is 0 Å². The van der Waals surface area contributed by atoms with Crippen LogP contribution in [0, 0.1) is 5.92 Å². The fourth-order valence-corrected chi connectivity index (χ4v) is 2.50. The lowest BCUT2D eigenvalue weighted by molar-refractivity contribution is 0.468. The monoisotopic (exact) mass is 205 g/mol. The number of nitrogens with two attached hydrogens (primary N) is 1. The summed E-state index contributed by atoms with van der Waals surface area (Å²) in [5.41, 5.74) is 7.45. The van der Waals surface area contributed by atoms with Crippen LogP contribution in [0.2, 0.25) is 0 Å². The number of phenols is 1. The van der Waals surface area contributed by atoms with Gasteiger partial charge < -0.3 is 10.8 Å². The summed E-state index contributed by atoms with van der Waals surface area (Å²) in [6.45, 7) is 4.40. The Hall–Kier alpha value is -1.02. The third-order valence-corrected chi connectivity index (χ3v) is 3.18. The molecule has 0 bridgehead atoms. The van der Waals surface area contributed by atoms with Crippen LogP contribution in [-0.4, -0.2) is 10.6 Å². The van der Waals surface area contributed by atoms with Crippen LogP contribution in [0.4, 0.5) is 0 Å². The fourth-order valence-electron chi connectivity index (χ4n) is 2.50. The average Bonchev–Trinajstić information content (AvgIpc) is 2.76. The van der Waals surface area contributed by atoms with Crippen molar-refractivity contribution in [1.82, 2.24) is 0 Å². The van der Waals surface area contributed by atoms with Crippen molar-refractivity contribution in [2.24, 2.45) is 11.7 Å². The number of rotatable bonds is 3. The Labute approximate surface area is 91.1 Å². The average molecular weight is 205 g/mol. The third-order valence-electron chi connectivity index (χ3n) is 3.18. The van der Waals surface area contributed by atoms with Gasteiger partial charge in [0.05, 0.1) is 0 Å². The summed E-state index contributed by atoms with van der Waals surface area (Å²) in [5.74, 6) is 1.41. The molecule has 1 fully saturated rings. The Kier molecular flexibility index (Phi) is 2.47. The van der Waals surface area contributed by atoms with Gasteiger partial charge >= 0.3 is 0 Å². The molecule has 2 unspecified atom stereocenters. The van der Waals surface area contributed by atoms with Crippen LogP contribution in [0.3, 0.4) is 0 Å². The summed E-state index contributed by atoms with van der Waals surface area (Å²) in [6.07, 6.45) is 2.11. The van der Waals surface area contributed by atoms with Crippen LogP contribution in [0.25, 0.3) is 0 Å². The van der Waals surface area contributed by atoms with E-state index in [0.29, 0.717) is 17.6 Å². The first-order valence-electron chi connectivity index (χ1n) is 5.59. The van der Waals surface area contributed by atoms with Crippen molar-refractivity contribution >= 4 is 0 Å². The van der Waals surface area contributed by atoms with Gasteiger partial charge in [-0.1, -0.05) is 26.0 Å². The van der Waals surface area contributed by atoms with E-state index in [9.17, 15) is 5.11 Å². The van der Waals surface area contributed by atoms with Gasteiger partial charge in [-0.2, -0.15) is 0 Å². The highest BCUT2D eigenvalue weighted by molar-refractivity contribution is 5.37. The number of hydrogen-bond donors (Lipinski definition) is 2. The van der Waals surface area contributed by atoms with Crippen molar-refractivity contribution in [1.29, 1.82) is 0 Å². The second-order valence-corrected chi connectivity index (χ2v) is 5.18. The molecule has 82 valence electrons. The Morgan fingerprint density at radius 1 is 1.53 bits per heavy atom. The highest BCUT2D eigenvalue weighted by atomic mass is 16.3. The zero-order chi connectivity index (χ0) is 11.1. The lowest BCUT2D eigenvalue weighted by atomic mass is 9.98. The van der Waals surface area contributed by atoms with Crippen LogP contribution >= 0.6 is 0 Å². The Balaban J connectivity index is 2.10. The van der Waals surface area contributed by atoms with Crippen molar-refractivity contribution < 1.29 is 5.11 Å². The summed E-state index contributed by atoms with van der Waals surface area (Å²) in [5, 5.41) is 9.40. The maximum Gasteiger partial charge on any atom is 0.115 e. The van der Waals surface area contributed by atoms with Gasteiger partial charge in [-0.25, -0.2) is 0 Å². The number of hydrogen-bond acceptors (Lipinski definition) is 2. The van der Waals surface area contributed by atoms with E-state index in [1.54, 1.807) is 6.07 Å². The number of phenolic OH excluding ortho intramolecular Hbond substituents is 1. The molecule has 1 aromatic rings. The van der Waals surface area contributed by atoms with E-state index in [4.69, 9.17) is 5.73 Å². The largest absolute Gasteiger partial charge is 0.508 e. The molecule has 0 spiro atoms. The predicted molar refractivity (Wildman–Crippen MR) is 61.8 cm³/mol. The highest BCUT2D eigenvalue weighted by Gasteiger charge is 2.51. The van der Waals surface area contributed by atoms with E-state index in [1.165, 1.54) is 5.56 Å². The fraction of sp³-hybridized carbons (Fsp3) is 0.538. The van der Waals surface area contributed by atoms with Gasteiger partial charge in [0.1, 0.15) is 5.75 Å². The zero-order valence-electron chi connectivity index (χ0n) is 9.40. The van der Waals surface area contributed by atoms with Crippen molar-refractivity contribution in [3.05, 3.63) is 29.8 Å². The van der Waals surface area contributed by atoms with Gasteiger partial charge in [-0.05, 0) is 36.5 Å². The molecule has 2 nitrogen and oxygen atoms in total. The summed E-state index contributed by atoms with van der Waals surface area (Å²) in [6, 6.07) is 7.48. The first-order valence-corrected chi connectivity index (χ1v) is 5.59. The minimum atomic E-state index is -0.0258. The Bertz CT molecular complexity index is 361. The van der Waals surface area contributed by atoms with Crippen molar-refractivity contribution in [2.45, 2.75) is 38.1 Å². The first-order chi connectivity index (χ1) is 7.01. The standard InChI is InChI=1S/C13H19NO/c1-9(2)7-13(14)8-12(13)10-4-3-5-11(15)6-10/h3-6,9,12,15H,7-8,14H2,1-2H3. The summed E-state index contributed by atoms with van der Waals surface area (Å²) < 4.78 is 0. The molecule has 15 heavy (non-hydrogen) atoms. The van der Waals surface area contributed by atoms with Gasteiger partial charge in [-0.15, -0.1) is 0 Å². The summed E-state index contributed by atoms with van der Waals surface area (Å²) in [7, 11) is 0. The van der Waals surface area contributed by atoms with Crippen molar-refractivity contribution in [3.8, 4) is 5.75 Å². The topological polar surface area (TPSA) is 46.2 Å². The molecule has 2 heteroatoms. The van der Waals surface area contributed by atoms with Gasteiger partial charge in [0.15, 0.2) is 0 Å². The normalized spacial score (nSPS) is 29.5. The quantitative estimate of drug-likeness (QED) is 0.796. The molecule has 0 radical (unpaired) electrons. The molecule has 0 heterocycles. The highest BCUT2D eigenvalue weighted by Crippen LogP contribution is 2.53. The molecule has 1 aliphatic rings. The van der Waals surface area contributed by atoms with E-state index in [0.717, 1.165) is 12.8 Å². The molecule has 1 aromatic carbocycles. The van der Waals surface area contributed by atoms with Crippen molar-refractivity contribution in [2.75, 3.05) is 0 Å². The summed E-state index contributed by atoms with van der Waals surface area (Å²) in [4.78, 5) is 0. The predicted octanol–water partition coefficient (Wildman–Crippen LogP) is 2.62. The molecule has 3 N–H and O–H groups in total. The molecular weight excluding hydrogens is 186 g/mol. The molecule has 2 rings (SSSR count). The van der Waals surface area contributed by atoms with Gasteiger partial charge in [0.25, 0.3) is 0 Å². The van der Waals surface area contributed by atoms with Crippen molar-refractivity contribution in [3.63, 3.8) is 0 Å². The Morgan fingerprint density at radius 3 is 2.87 bits per heavy atom. The van der Waals surface area contributed by atoms with Crippen LogP contribution in [0.1, 0.15) is 38.2 Å². The third kappa shape index (κ3) is 2.15. The lowest BCUT2D eigenvalue weighted by Crippen LogP contribution is -2.26. The maximum atomic E-state index is 9.40. The number of aromatic hydroxyl groups is 1. The van der Waals surface area contributed by atoms with E-state index < -0.39 is 0 Å². The molecule has 2 atom stereocenters. The maximum absolute atomic E-state index is 9.40. The molecule has 0 amide bonds. The van der Waals surface area contributed by atoms with E-state index in [-0.39, 0.29) is 5.54 Å². The smallest absolute Gasteiger partial charge is 0.115 e. The molecule has 0 aromatic heterocycles. The first kappa shape index (κ1) is 10.5. The molecule has 0 aliphatic heterocycles. The molecule has 1 saturated carbocycles. The minimum absolute atomic E-state index is 0.0258. The van der Waals surface area contributed by atoms with E-state index in [1.807, 2.05) is 12.1 Å². The molecule has 1 aliphatic carbocycles. The second kappa shape index (κ2) is 3.53. The summed E-state index contributed by atoms with van der Waals surface area (Å²) >= 11 is 0. The van der Waals surface area contributed by atoms with Crippen LogP contribution in [0.15, 0.2) is 24.3 Å². The van der Waals surface area contributed by atoms with Gasteiger partial charge in [0.2, 0.25) is 0 Å². The number of benzene rings is 1.